The van der Waals surface area contributed by atoms with Crippen molar-refractivity contribution >= 4 is 5.91 Å². The lowest BCUT2D eigenvalue weighted by atomic mass is 9.91. The Hall–Kier alpha value is -1.59. The van der Waals surface area contributed by atoms with Crippen molar-refractivity contribution in [2.45, 2.75) is 25.4 Å². The first-order chi connectivity index (χ1) is 10.2. The summed E-state index contributed by atoms with van der Waals surface area (Å²) < 4.78 is 11.1. The van der Waals surface area contributed by atoms with E-state index in [1.165, 1.54) is 5.56 Å². The van der Waals surface area contributed by atoms with Gasteiger partial charge in [0.25, 0.3) is 5.91 Å². The third-order valence-electron chi connectivity index (χ3n) is 3.89. The van der Waals surface area contributed by atoms with Crippen LogP contribution in [-0.2, 0) is 9.53 Å². The van der Waals surface area contributed by atoms with E-state index in [0.717, 1.165) is 18.8 Å². The summed E-state index contributed by atoms with van der Waals surface area (Å²) >= 11 is 0. The van der Waals surface area contributed by atoms with Crippen molar-refractivity contribution in [1.82, 2.24) is 10.6 Å². The van der Waals surface area contributed by atoms with Crippen LogP contribution in [-0.4, -0.2) is 44.9 Å². The number of carbonyl (C=O) groups is 1. The van der Waals surface area contributed by atoms with Crippen molar-refractivity contribution < 1.29 is 14.3 Å². The van der Waals surface area contributed by atoms with Gasteiger partial charge in [-0.2, -0.15) is 0 Å². The molecule has 1 saturated heterocycles. The van der Waals surface area contributed by atoms with E-state index in [9.17, 15) is 4.79 Å². The smallest absolute Gasteiger partial charge is 0.252 e. The summed E-state index contributed by atoms with van der Waals surface area (Å²) in [6, 6.07) is 7.87. The van der Waals surface area contributed by atoms with E-state index in [1.807, 2.05) is 31.2 Å². The number of amides is 1. The zero-order chi connectivity index (χ0) is 15.1. The molecule has 1 fully saturated rings. The normalized spacial score (nSPS) is 17.2. The Balaban J connectivity index is 1.74. The standard InChI is InChI=1S/C16H24N2O3/c1-13-3-5-14(6-4-13)21-12-11-18-15(19)16(20-2)7-9-17-10-8-16/h3-6,17H,7-12H2,1-2H3,(H,18,19). The lowest BCUT2D eigenvalue weighted by Crippen LogP contribution is -2.54. The van der Waals surface area contributed by atoms with Crippen molar-refractivity contribution in [3.8, 4) is 5.75 Å². The summed E-state index contributed by atoms with van der Waals surface area (Å²) in [6.07, 6.45) is 1.41. The second-order valence-electron chi connectivity index (χ2n) is 5.37. The zero-order valence-electron chi connectivity index (χ0n) is 12.8. The highest BCUT2D eigenvalue weighted by Gasteiger charge is 2.39. The van der Waals surface area contributed by atoms with Crippen LogP contribution in [0.15, 0.2) is 24.3 Å². The fraction of sp³-hybridized carbons (Fsp3) is 0.562. The van der Waals surface area contributed by atoms with Crippen LogP contribution in [0.2, 0.25) is 0 Å². The molecule has 1 aliphatic heterocycles. The maximum atomic E-state index is 12.3. The molecule has 0 radical (unpaired) electrons. The van der Waals surface area contributed by atoms with Gasteiger partial charge in [-0.05, 0) is 45.0 Å². The van der Waals surface area contributed by atoms with Gasteiger partial charge >= 0.3 is 0 Å². The van der Waals surface area contributed by atoms with Gasteiger partial charge in [0.05, 0.1) is 6.54 Å². The van der Waals surface area contributed by atoms with Crippen LogP contribution >= 0.6 is 0 Å². The number of hydrogen-bond donors (Lipinski definition) is 2. The fourth-order valence-corrected chi connectivity index (χ4v) is 2.48. The first-order valence-electron chi connectivity index (χ1n) is 7.40. The number of nitrogens with one attached hydrogen (secondary N) is 2. The Morgan fingerprint density at radius 3 is 2.57 bits per heavy atom. The number of benzene rings is 1. The molecule has 1 aromatic rings. The first kappa shape index (κ1) is 15.8. The quantitative estimate of drug-likeness (QED) is 0.775. The van der Waals surface area contributed by atoms with E-state index in [4.69, 9.17) is 9.47 Å². The molecule has 2 N–H and O–H groups in total. The number of methoxy groups -OCH3 is 1. The van der Waals surface area contributed by atoms with Gasteiger partial charge in [0.2, 0.25) is 0 Å². The number of ether oxygens (including phenoxy) is 2. The molecule has 5 heteroatoms. The van der Waals surface area contributed by atoms with Gasteiger partial charge in [-0.15, -0.1) is 0 Å². The Labute approximate surface area is 126 Å². The van der Waals surface area contributed by atoms with E-state index in [2.05, 4.69) is 10.6 Å². The van der Waals surface area contributed by atoms with Crippen LogP contribution < -0.4 is 15.4 Å². The van der Waals surface area contributed by atoms with Gasteiger partial charge in [-0.1, -0.05) is 17.7 Å². The summed E-state index contributed by atoms with van der Waals surface area (Å²) in [6.45, 7) is 4.58. The molecule has 116 valence electrons. The number of piperidine rings is 1. The third-order valence-corrected chi connectivity index (χ3v) is 3.89. The topological polar surface area (TPSA) is 59.6 Å². The Morgan fingerprint density at radius 2 is 1.95 bits per heavy atom. The summed E-state index contributed by atoms with van der Waals surface area (Å²) in [7, 11) is 1.60. The number of carbonyl (C=O) groups excluding carboxylic acids is 1. The van der Waals surface area contributed by atoms with Gasteiger partial charge in [0.15, 0.2) is 0 Å². The fourth-order valence-electron chi connectivity index (χ4n) is 2.48. The molecule has 0 atom stereocenters. The molecule has 0 bridgehead atoms. The van der Waals surface area contributed by atoms with Crippen LogP contribution in [0.3, 0.4) is 0 Å². The molecule has 0 spiro atoms. The molecule has 0 aromatic heterocycles. The van der Waals surface area contributed by atoms with Crippen molar-refractivity contribution in [3.63, 3.8) is 0 Å². The van der Waals surface area contributed by atoms with Gasteiger partial charge in [-0.25, -0.2) is 0 Å². The SMILES string of the molecule is COC1(C(=O)NCCOc2ccc(C)cc2)CCNCC1. The molecule has 2 rings (SSSR count). The minimum absolute atomic E-state index is 0.0426. The van der Waals surface area contributed by atoms with Crippen molar-refractivity contribution in [1.29, 1.82) is 0 Å². The maximum Gasteiger partial charge on any atom is 0.252 e. The van der Waals surface area contributed by atoms with Gasteiger partial charge in [0, 0.05) is 7.11 Å². The molecule has 5 nitrogen and oxygen atoms in total. The second kappa shape index (κ2) is 7.43. The minimum atomic E-state index is -0.685. The maximum absolute atomic E-state index is 12.3. The summed E-state index contributed by atoms with van der Waals surface area (Å²) in [5, 5.41) is 6.15. The van der Waals surface area contributed by atoms with E-state index in [-0.39, 0.29) is 5.91 Å². The van der Waals surface area contributed by atoms with Crippen LogP contribution in [0, 0.1) is 6.92 Å². The molecule has 0 unspecified atom stereocenters. The summed E-state index contributed by atoms with van der Waals surface area (Å²) in [4.78, 5) is 12.3. The molecular formula is C16H24N2O3. The average molecular weight is 292 g/mol. The van der Waals surface area contributed by atoms with Crippen LogP contribution in [0.5, 0.6) is 5.75 Å². The average Bonchev–Trinajstić information content (AvgIpc) is 2.53. The van der Waals surface area contributed by atoms with Crippen LogP contribution in [0.1, 0.15) is 18.4 Å². The van der Waals surface area contributed by atoms with Crippen LogP contribution in [0.25, 0.3) is 0 Å². The van der Waals surface area contributed by atoms with E-state index >= 15 is 0 Å². The number of aryl methyl sites for hydroxylation is 1. The Bertz CT molecular complexity index is 453. The lowest BCUT2D eigenvalue weighted by molar-refractivity contribution is -0.146. The van der Waals surface area contributed by atoms with E-state index in [1.54, 1.807) is 7.11 Å². The molecule has 21 heavy (non-hydrogen) atoms. The minimum Gasteiger partial charge on any atom is -0.492 e. The summed E-state index contributed by atoms with van der Waals surface area (Å²) in [5.41, 5.74) is 0.512. The number of rotatable bonds is 6. The highest BCUT2D eigenvalue weighted by atomic mass is 16.5. The molecule has 0 saturated carbocycles. The molecule has 1 aromatic carbocycles. The molecular weight excluding hydrogens is 268 g/mol. The first-order valence-corrected chi connectivity index (χ1v) is 7.40. The van der Waals surface area contributed by atoms with E-state index in [0.29, 0.717) is 26.0 Å². The van der Waals surface area contributed by atoms with Crippen molar-refractivity contribution in [2.75, 3.05) is 33.4 Å². The third kappa shape index (κ3) is 4.19. The lowest BCUT2D eigenvalue weighted by Gasteiger charge is -2.34. The zero-order valence-corrected chi connectivity index (χ0v) is 12.8. The molecule has 0 aliphatic carbocycles. The monoisotopic (exact) mass is 292 g/mol. The van der Waals surface area contributed by atoms with E-state index < -0.39 is 5.60 Å². The highest BCUT2D eigenvalue weighted by molar-refractivity contribution is 5.85. The van der Waals surface area contributed by atoms with Crippen LogP contribution in [0.4, 0.5) is 0 Å². The predicted molar refractivity (Wildman–Crippen MR) is 81.5 cm³/mol. The Morgan fingerprint density at radius 1 is 1.29 bits per heavy atom. The largest absolute Gasteiger partial charge is 0.492 e. The predicted octanol–water partition coefficient (Wildman–Crippen LogP) is 1.26. The summed E-state index contributed by atoms with van der Waals surface area (Å²) in [5.74, 6) is 0.775. The molecule has 1 amide bonds. The second-order valence-corrected chi connectivity index (χ2v) is 5.37. The molecule has 1 aliphatic rings. The Kier molecular flexibility index (Phi) is 5.59. The highest BCUT2D eigenvalue weighted by Crippen LogP contribution is 2.22. The van der Waals surface area contributed by atoms with Crippen molar-refractivity contribution in [2.24, 2.45) is 0 Å². The van der Waals surface area contributed by atoms with Gasteiger partial charge in [0.1, 0.15) is 18.0 Å². The van der Waals surface area contributed by atoms with Gasteiger partial charge < -0.3 is 20.1 Å². The van der Waals surface area contributed by atoms with Crippen molar-refractivity contribution in [3.05, 3.63) is 29.8 Å². The molecule has 1 heterocycles. The number of hydrogen-bond acceptors (Lipinski definition) is 4. The van der Waals surface area contributed by atoms with Gasteiger partial charge in [-0.3, -0.25) is 4.79 Å².